The van der Waals surface area contributed by atoms with E-state index in [1.165, 1.54) is 0 Å². The van der Waals surface area contributed by atoms with Crippen molar-refractivity contribution in [2.24, 2.45) is 0 Å². The van der Waals surface area contributed by atoms with Crippen molar-refractivity contribution in [1.29, 1.82) is 0 Å². The van der Waals surface area contributed by atoms with Crippen LogP contribution in [-0.4, -0.2) is 60.8 Å². The van der Waals surface area contributed by atoms with E-state index in [4.69, 9.17) is 4.74 Å². The second-order valence-corrected chi connectivity index (χ2v) is 8.87. The van der Waals surface area contributed by atoms with Gasteiger partial charge in [0.15, 0.2) is 12.4 Å². The Morgan fingerprint density at radius 2 is 1.44 bits per heavy atom. The molecule has 0 saturated carbocycles. The van der Waals surface area contributed by atoms with Crippen molar-refractivity contribution in [1.82, 2.24) is 15.1 Å². The monoisotopic (exact) mass is 479 g/mol. The van der Waals surface area contributed by atoms with Gasteiger partial charge in [-0.1, -0.05) is 54.6 Å². The molecule has 0 spiro atoms. The Hall–Kier alpha value is -4.23. The molecule has 2 heterocycles. The van der Waals surface area contributed by atoms with E-state index >= 15 is 0 Å². The fraction of sp³-hybridized carbons (Fsp3) is 0.207. The molecule has 1 aliphatic rings. The molecule has 1 aliphatic heterocycles. The highest BCUT2D eigenvalue weighted by atomic mass is 16.5. The van der Waals surface area contributed by atoms with E-state index in [9.17, 15) is 4.79 Å². The van der Waals surface area contributed by atoms with Crippen LogP contribution in [0.15, 0.2) is 91.0 Å². The first-order valence-corrected chi connectivity index (χ1v) is 12.1. The van der Waals surface area contributed by atoms with Crippen LogP contribution in [0.2, 0.25) is 0 Å². The van der Waals surface area contributed by atoms with E-state index in [-0.39, 0.29) is 12.5 Å². The molecule has 1 aromatic heterocycles. The quantitative estimate of drug-likeness (QED) is 0.418. The molecule has 1 amide bonds. The summed E-state index contributed by atoms with van der Waals surface area (Å²) in [6, 6.07) is 29.4. The lowest BCUT2D eigenvalue weighted by molar-refractivity contribution is -0.118. The predicted molar refractivity (Wildman–Crippen MR) is 143 cm³/mol. The molecule has 36 heavy (non-hydrogen) atoms. The topological polar surface area (TPSA) is 70.6 Å². The molecular weight excluding hydrogens is 450 g/mol. The minimum absolute atomic E-state index is 0.0638. The van der Waals surface area contributed by atoms with Gasteiger partial charge in [-0.2, -0.15) is 0 Å². The van der Waals surface area contributed by atoms with Gasteiger partial charge in [0.25, 0.3) is 5.91 Å². The molecule has 0 bridgehead atoms. The van der Waals surface area contributed by atoms with Crippen molar-refractivity contribution in [2.75, 3.05) is 50.1 Å². The summed E-state index contributed by atoms with van der Waals surface area (Å²) in [4.78, 5) is 16.9. The number of amides is 1. The van der Waals surface area contributed by atoms with Crippen LogP contribution in [0.5, 0.6) is 5.75 Å². The highest BCUT2D eigenvalue weighted by molar-refractivity contribution is 5.92. The molecule has 1 saturated heterocycles. The normalized spacial score (nSPS) is 13.9. The van der Waals surface area contributed by atoms with E-state index in [2.05, 4.69) is 44.5 Å². The molecule has 0 atom stereocenters. The van der Waals surface area contributed by atoms with Gasteiger partial charge in [-0.25, -0.2) is 0 Å². The van der Waals surface area contributed by atoms with Gasteiger partial charge in [-0.3, -0.25) is 4.79 Å². The Balaban J connectivity index is 1.12. The molecule has 1 fully saturated rings. The number of carbonyl (C=O) groups excluding carboxylic acids is 1. The Morgan fingerprint density at radius 3 is 2.11 bits per heavy atom. The van der Waals surface area contributed by atoms with Crippen molar-refractivity contribution in [3.63, 3.8) is 0 Å². The summed E-state index contributed by atoms with van der Waals surface area (Å²) in [7, 11) is 2.13. The molecule has 0 aliphatic carbocycles. The number of piperazine rings is 1. The van der Waals surface area contributed by atoms with Crippen LogP contribution in [0, 0.1) is 0 Å². The number of nitrogens with one attached hydrogen (secondary N) is 1. The average Bonchev–Trinajstić information content (AvgIpc) is 2.94. The van der Waals surface area contributed by atoms with E-state index in [1.807, 2.05) is 78.9 Å². The fourth-order valence-corrected chi connectivity index (χ4v) is 4.13. The summed E-state index contributed by atoms with van der Waals surface area (Å²) >= 11 is 0. The van der Waals surface area contributed by atoms with Crippen molar-refractivity contribution < 1.29 is 9.53 Å². The summed E-state index contributed by atoms with van der Waals surface area (Å²) < 4.78 is 5.65. The zero-order valence-electron chi connectivity index (χ0n) is 20.3. The Morgan fingerprint density at radius 1 is 0.778 bits per heavy atom. The summed E-state index contributed by atoms with van der Waals surface area (Å²) in [5.41, 5.74) is 4.69. The number of hydrogen-bond acceptors (Lipinski definition) is 6. The number of anilines is 2. The number of ether oxygens (including phenoxy) is 1. The van der Waals surface area contributed by atoms with Gasteiger partial charge in [0.2, 0.25) is 0 Å². The van der Waals surface area contributed by atoms with Crippen molar-refractivity contribution in [2.45, 2.75) is 0 Å². The van der Waals surface area contributed by atoms with Gasteiger partial charge < -0.3 is 19.9 Å². The minimum atomic E-state index is -0.216. The molecule has 4 aromatic rings. The van der Waals surface area contributed by atoms with Crippen molar-refractivity contribution >= 4 is 17.4 Å². The Labute approximate surface area is 211 Å². The van der Waals surface area contributed by atoms with Gasteiger partial charge in [0.1, 0.15) is 5.75 Å². The van der Waals surface area contributed by atoms with Gasteiger partial charge in [0, 0.05) is 37.4 Å². The van der Waals surface area contributed by atoms with Gasteiger partial charge in [-0.05, 0) is 54.6 Å². The first kappa shape index (κ1) is 23.5. The molecule has 0 unspecified atom stereocenters. The summed E-state index contributed by atoms with van der Waals surface area (Å²) in [6.07, 6.45) is 0. The van der Waals surface area contributed by atoms with Crippen LogP contribution in [0.4, 0.5) is 11.5 Å². The molecular formula is C29H29N5O2. The number of nitrogens with zero attached hydrogens (tertiary/aromatic N) is 4. The Bertz CT molecular complexity index is 1270. The molecule has 1 N–H and O–H groups in total. The molecule has 7 nitrogen and oxygen atoms in total. The largest absolute Gasteiger partial charge is 0.484 e. The summed E-state index contributed by atoms with van der Waals surface area (Å²) in [5.74, 6) is 1.34. The van der Waals surface area contributed by atoms with Gasteiger partial charge in [0.05, 0.1) is 5.69 Å². The summed E-state index contributed by atoms with van der Waals surface area (Å²) in [6.45, 7) is 3.92. The maximum absolute atomic E-state index is 12.4. The van der Waals surface area contributed by atoms with E-state index in [0.29, 0.717) is 11.4 Å². The molecule has 5 rings (SSSR count). The highest BCUT2D eigenvalue weighted by Crippen LogP contribution is 2.23. The smallest absolute Gasteiger partial charge is 0.262 e. The third kappa shape index (κ3) is 5.87. The van der Waals surface area contributed by atoms with E-state index < -0.39 is 0 Å². The van der Waals surface area contributed by atoms with Crippen LogP contribution in [0.3, 0.4) is 0 Å². The Kier molecular flexibility index (Phi) is 7.19. The number of hydrogen-bond donors (Lipinski definition) is 1. The predicted octanol–water partition coefficient (Wildman–Crippen LogP) is 4.58. The maximum atomic E-state index is 12.4. The third-order valence-corrected chi connectivity index (χ3v) is 6.27. The van der Waals surface area contributed by atoms with E-state index in [1.54, 1.807) is 0 Å². The third-order valence-electron chi connectivity index (χ3n) is 6.27. The fourth-order valence-electron chi connectivity index (χ4n) is 4.13. The number of benzene rings is 3. The van der Waals surface area contributed by atoms with E-state index in [0.717, 1.165) is 54.4 Å². The second kappa shape index (κ2) is 11.0. The molecule has 182 valence electrons. The minimum Gasteiger partial charge on any atom is -0.484 e. The zero-order valence-corrected chi connectivity index (χ0v) is 20.3. The van der Waals surface area contributed by atoms with Crippen LogP contribution in [0.25, 0.3) is 22.4 Å². The number of rotatable bonds is 7. The number of likely N-dealkylation sites (N-methyl/N-ethyl adjacent to an activating group) is 1. The number of aromatic nitrogens is 2. The second-order valence-electron chi connectivity index (χ2n) is 8.87. The lowest BCUT2D eigenvalue weighted by atomic mass is 10.1. The van der Waals surface area contributed by atoms with Crippen LogP contribution in [0.1, 0.15) is 0 Å². The van der Waals surface area contributed by atoms with Crippen LogP contribution in [-0.2, 0) is 4.79 Å². The lowest BCUT2D eigenvalue weighted by Crippen LogP contribution is -2.44. The van der Waals surface area contributed by atoms with Crippen LogP contribution < -0.4 is 15.0 Å². The molecule has 3 aromatic carbocycles. The van der Waals surface area contributed by atoms with Crippen molar-refractivity contribution in [3.8, 4) is 28.1 Å². The van der Waals surface area contributed by atoms with Gasteiger partial charge in [-0.15, -0.1) is 10.2 Å². The SMILES string of the molecule is CN1CCN(c2ccc(-c3ccc(NC(=O)COc4ccc(-c5ccccc5)cc4)cc3)nn2)CC1. The first-order chi connectivity index (χ1) is 17.6. The van der Waals surface area contributed by atoms with Crippen LogP contribution >= 0.6 is 0 Å². The molecule has 0 radical (unpaired) electrons. The standard InChI is InChI=1S/C29H29N5O2/c1-33-17-19-34(20-18-33)28-16-15-27(31-32-28)24-7-11-25(12-8-24)30-29(35)21-36-26-13-9-23(10-14-26)22-5-3-2-4-6-22/h2-16H,17-21H2,1H3,(H,30,35). The zero-order chi connectivity index (χ0) is 24.7. The average molecular weight is 480 g/mol. The lowest BCUT2D eigenvalue weighted by Gasteiger charge is -2.32. The van der Waals surface area contributed by atoms with Crippen molar-refractivity contribution in [3.05, 3.63) is 91.0 Å². The first-order valence-electron chi connectivity index (χ1n) is 12.1. The molecule has 7 heteroatoms. The number of carbonyl (C=O) groups is 1. The maximum Gasteiger partial charge on any atom is 0.262 e. The van der Waals surface area contributed by atoms with Gasteiger partial charge >= 0.3 is 0 Å². The summed E-state index contributed by atoms with van der Waals surface area (Å²) in [5, 5.41) is 11.7. The highest BCUT2D eigenvalue weighted by Gasteiger charge is 2.15.